The third-order valence-corrected chi connectivity index (χ3v) is 5.25. The Morgan fingerprint density at radius 2 is 1.76 bits per heavy atom. The van der Waals surface area contributed by atoms with Crippen molar-refractivity contribution in [2.45, 2.75) is 47.0 Å². The number of piperidine rings is 1. The molecule has 1 aromatic carbocycles. The van der Waals surface area contributed by atoms with Gasteiger partial charge in [0.2, 0.25) is 5.91 Å². The number of nitrogens with zero attached hydrogens (tertiary/aromatic N) is 3. The molecule has 0 spiro atoms. The van der Waals surface area contributed by atoms with Crippen LogP contribution in [0.15, 0.2) is 30.3 Å². The van der Waals surface area contributed by atoms with Crippen molar-refractivity contribution in [1.29, 1.82) is 0 Å². The maximum atomic E-state index is 12.7. The number of benzene rings is 1. The van der Waals surface area contributed by atoms with Crippen molar-refractivity contribution in [3.05, 3.63) is 47.3 Å². The molecule has 1 fully saturated rings. The van der Waals surface area contributed by atoms with Crippen LogP contribution in [0, 0.1) is 25.7 Å². The van der Waals surface area contributed by atoms with Crippen molar-refractivity contribution in [1.82, 2.24) is 14.7 Å². The molecule has 3 rings (SSSR count). The predicted octanol–water partition coefficient (Wildman–Crippen LogP) is 3.93. The molecule has 2 heterocycles. The fraction of sp³-hybridized carbons (Fsp3) is 0.524. The summed E-state index contributed by atoms with van der Waals surface area (Å²) in [7, 11) is 0. The normalized spacial score (nSPS) is 20.7. The van der Waals surface area contributed by atoms with Crippen molar-refractivity contribution in [3.8, 4) is 5.69 Å². The van der Waals surface area contributed by atoms with E-state index in [0.29, 0.717) is 18.3 Å². The standard InChI is InChI=1S/C21H29N3O/c1-15-12-16(2)14-23(13-15)21(25)11-10-20-17(3)22-24(18(20)4)19-8-6-5-7-9-19/h5-9,15-16H,10-14H2,1-4H3. The Hall–Kier alpha value is -2.10. The second kappa shape index (κ2) is 7.42. The van der Waals surface area contributed by atoms with Gasteiger partial charge in [-0.05, 0) is 56.2 Å². The molecule has 25 heavy (non-hydrogen) atoms. The summed E-state index contributed by atoms with van der Waals surface area (Å²) in [5.74, 6) is 1.50. The highest BCUT2D eigenvalue weighted by atomic mass is 16.2. The van der Waals surface area contributed by atoms with E-state index in [4.69, 9.17) is 0 Å². The Morgan fingerprint density at radius 3 is 2.40 bits per heavy atom. The largest absolute Gasteiger partial charge is 0.342 e. The minimum absolute atomic E-state index is 0.282. The highest BCUT2D eigenvalue weighted by molar-refractivity contribution is 5.76. The van der Waals surface area contributed by atoms with Gasteiger partial charge in [0, 0.05) is 25.2 Å². The minimum Gasteiger partial charge on any atom is -0.342 e. The van der Waals surface area contributed by atoms with Crippen LogP contribution in [0.2, 0.25) is 0 Å². The summed E-state index contributed by atoms with van der Waals surface area (Å²) in [6, 6.07) is 10.2. The van der Waals surface area contributed by atoms with Crippen LogP contribution in [0.5, 0.6) is 0 Å². The summed E-state index contributed by atoms with van der Waals surface area (Å²) < 4.78 is 1.99. The highest BCUT2D eigenvalue weighted by Gasteiger charge is 2.25. The van der Waals surface area contributed by atoms with Gasteiger partial charge in [0.15, 0.2) is 0 Å². The lowest BCUT2D eigenvalue weighted by atomic mass is 9.91. The first-order valence-corrected chi connectivity index (χ1v) is 9.34. The number of rotatable bonds is 4. The number of para-hydroxylation sites is 1. The van der Waals surface area contributed by atoms with Crippen LogP contribution in [-0.4, -0.2) is 33.7 Å². The number of carbonyl (C=O) groups excluding carboxylic acids is 1. The van der Waals surface area contributed by atoms with Crippen molar-refractivity contribution < 1.29 is 4.79 Å². The quantitative estimate of drug-likeness (QED) is 0.846. The lowest BCUT2D eigenvalue weighted by Gasteiger charge is -2.35. The van der Waals surface area contributed by atoms with E-state index >= 15 is 0 Å². The van der Waals surface area contributed by atoms with Crippen LogP contribution in [0.4, 0.5) is 0 Å². The molecule has 2 aromatic rings. The molecule has 4 heteroatoms. The summed E-state index contributed by atoms with van der Waals surface area (Å²) in [5, 5.41) is 4.69. The van der Waals surface area contributed by atoms with E-state index in [9.17, 15) is 4.79 Å². The number of aromatic nitrogens is 2. The van der Waals surface area contributed by atoms with Crippen molar-refractivity contribution in [2.75, 3.05) is 13.1 Å². The van der Waals surface area contributed by atoms with Crippen molar-refractivity contribution in [2.24, 2.45) is 11.8 Å². The number of aryl methyl sites for hydroxylation is 1. The van der Waals surface area contributed by atoms with Crippen LogP contribution < -0.4 is 0 Å². The van der Waals surface area contributed by atoms with Gasteiger partial charge in [-0.15, -0.1) is 0 Å². The third kappa shape index (κ3) is 3.94. The van der Waals surface area contributed by atoms with Gasteiger partial charge in [0.05, 0.1) is 11.4 Å². The van der Waals surface area contributed by atoms with Gasteiger partial charge in [-0.25, -0.2) is 4.68 Å². The molecule has 0 bridgehead atoms. The molecule has 1 aromatic heterocycles. The molecule has 0 N–H and O–H groups in total. The fourth-order valence-corrected chi connectivity index (χ4v) is 4.11. The van der Waals surface area contributed by atoms with Gasteiger partial charge in [0.1, 0.15) is 0 Å². The molecule has 134 valence electrons. The molecule has 4 nitrogen and oxygen atoms in total. The van der Waals surface area contributed by atoms with E-state index in [1.807, 2.05) is 29.8 Å². The Balaban J connectivity index is 1.69. The fourth-order valence-electron chi connectivity index (χ4n) is 4.11. The highest BCUT2D eigenvalue weighted by Crippen LogP contribution is 2.23. The van der Waals surface area contributed by atoms with Crippen LogP contribution >= 0.6 is 0 Å². The molecular weight excluding hydrogens is 310 g/mol. The van der Waals surface area contributed by atoms with Gasteiger partial charge < -0.3 is 4.90 Å². The zero-order chi connectivity index (χ0) is 18.0. The lowest BCUT2D eigenvalue weighted by molar-refractivity contribution is -0.133. The van der Waals surface area contributed by atoms with E-state index in [0.717, 1.165) is 36.6 Å². The number of amides is 1. The third-order valence-electron chi connectivity index (χ3n) is 5.25. The predicted molar refractivity (Wildman–Crippen MR) is 101 cm³/mol. The molecule has 0 aliphatic carbocycles. The number of hydrogen-bond acceptors (Lipinski definition) is 2. The van der Waals surface area contributed by atoms with E-state index in [2.05, 4.69) is 42.9 Å². The lowest BCUT2D eigenvalue weighted by Crippen LogP contribution is -2.42. The van der Waals surface area contributed by atoms with Crippen molar-refractivity contribution >= 4 is 5.91 Å². The number of hydrogen-bond donors (Lipinski definition) is 0. The average molecular weight is 339 g/mol. The van der Waals surface area contributed by atoms with Crippen LogP contribution in [0.1, 0.15) is 43.6 Å². The van der Waals surface area contributed by atoms with Gasteiger partial charge in [-0.1, -0.05) is 32.0 Å². The smallest absolute Gasteiger partial charge is 0.222 e. The molecule has 1 saturated heterocycles. The van der Waals surface area contributed by atoms with E-state index in [1.165, 1.54) is 12.0 Å². The summed E-state index contributed by atoms with van der Waals surface area (Å²) >= 11 is 0. The molecule has 1 amide bonds. The molecule has 0 radical (unpaired) electrons. The van der Waals surface area contributed by atoms with Crippen molar-refractivity contribution in [3.63, 3.8) is 0 Å². The topological polar surface area (TPSA) is 38.1 Å². The second-order valence-corrected chi connectivity index (χ2v) is 7.64. The zero-order valence-electron chi connectivity index (χ0n) is 15.8. The summed E-state index contributed by atoms with van der Waals surface area (Å²) in [4.78, 5) is 14.7. The first kappa shape index (κ1) is 17.7. The molecule has 2 unspecified atom stereocenters. The van der Waals surface area contributed by atoms with Gasteiger partial charge >= 0.3 is 0 Å². The molecular formula is C21H29N3O. The Kier molecular flexibility index (Phi) is 5.26. The van der Waals surface area contributed by atoms with Gasteiger partial charge in [-0.3, -0.25) is 4.79 Å². The zero-order valence-corrected chi connectivity index (χ0v) is 15.8. The van der Waals surface area contributed by atoms with Gasteiger partial charge in [-0.2, -0.15) is 5.10 Å². The van der Waals surface area contributed by atoms with Gasteiger partial charge in [0.25, 0.3) is 0 Å². The molecule has 0 saturated carbocycles. The van der Waals surface area contributed by atoms with E-state index < -0.39 is 0 Å². The Labute approximate surface area is 150 Å². The number of carbonyl (C=O) groups is 1. The van der Waals surface area contributed by atoms with E-state index in [-0.39, 0.29) is 5.91 Å². The number of likely N-dealkylation sites (tertiary alicyclic amines) is 1. The SMILES string of the molecule is Cc1nn(-c2ccccc2)c(C)c1CCC(=O)N1CC(C)CC(C)C1. The first-order chi connectivity index (χ1) is 12.0. The molecule has 1 aliphatic heterocycles. The second-order valence-electron chi connectivity index (χ2n) is 7.64. The minimum atomic E-state index is 0.282. The Morgan fingerprint density at radius 1 is 1.12 bits per heavy atom. The van der Waals surface area contributed by atoms with Crippen LogP contribution in [0.25, 0.3) is 5.69 Å². The van der Waals surface area contributed by atoms with Crippen LogP contribution in [0.3, 0.4) is 0 Å². The monoisotopic (exact) mass is 339 g/mol. The Bertz CT molecular complexity index is 725. The maximum Gasteiger partial charge on any atom is 0.222 e. The summed E-state index contributed by atoms with van der Waals surface area (Å²) in [5.41, 5.74) is 4.43. The molecule has 1 aliphatic rings. The molecule has 2 atom stereocenters. The first-order valence-electron chi connectivity index (χ1n) is 9.34. The summed E-state index contributed by atoms with van der Waals surface area (Å²) in [6.45, 7) is 10.4. The average Bonchev–Trinajstić information content (AvgIpc) is 2.87. The maximum absolute atomic E-state index is 12.7. The van der Waals surface area contributed by atoms with E-state index in [1.54, 1.807) is 0 Å². The van der Waals surface area contributed by atoms with Crippen LogP contribution in [-0.2, 0) is 11.2 Å². The summed E-state index contributed by atoms with van der Waals surface area (Å²) in [6.07, 6.45) is 2.57.